The molecule has 0 fully saturated rings. The monoisotopic (exact) mass is 307 g/mol. The number of aromatic carboxylic acids is 1. The topological polar surface area (TPSA) is 89.7 Å². The Morgan fingerprint density at radius 3 is 2.67 bits per heavy atom. The first-order valence-electron chi connectivity index (χ1n) is 6.09. The number of nitrogens with zero attached hydrogens (tertiary/aromatic N) is 1. The number of carboxylic acid groups (broad SMARTS) is 1. The highest BCUT2D eigenvalue weighted by molar-refractivity contribution is 7.13. The van der Waals surface area contributed by atoms with Crippen LogP contribution in [0.15, 0.2) is 24.3 Å². The van der Waals surface area contributed by atoms with E-state index in [1.807, 2.05) is 0 Å². The fourth-order valence-electron chi connectivity index (χ4n) is 1.97. The van der Waals surface area contributed by atoms with E-state index in [9.17, 15) is 14.9 Å². The first-order chi connectivity index (χ1) is 9.88. The number of benzene rings is 1. The lowest BCUT2D eigenvalue weighted by Crippen LogP contribution is -2.00. The van der Waals surface area contributed by atoms with Gasteiger partial charge in [-0.2, -0.15) is 0 Å². The van der Waals surface area contributed by atoms with Crippen LogP contribution < -0.4 is 4.74 Å². The van der Waals surface area contributed by atoms with Gasteiger partial charge in [-0.15, -0.1) is 11.3 Å². The van der Waals surface area contributed by atoms with Crippen molar-refractivity contribution in [2.75, 3.05) is 0 Å². The number of ether oxygens (including phenoxy) is 1. The highest BCUT2D eigenvalue weighted by Gasteiger charge is 2.19. The summed E-state index contributed by atoms with van der Waals surface area (Å²) in [6.07, 6.45) is 0. The van der Waals surface area contributed by atoms with Crippen LogP contribution in [0.5, 0.6) is 5.75 Å². The number of carbonyl (C=O) groups is 1. The zero-order chi connectivity index (χ0) is 15.6. The third-order valence-corrected chi connectivity index (χ3v) is 3.87. The minimum atomic E-state index is -0.997. The molecule has 0 aliphatic heterocycles. The van der Waals surface area contributed by atoms with Crippen molar-refractivity contribution in [1.29, 1.82) is 0 Å². The fourth-order valence-corrected chi connectivity index (χ4v) is 2.73. The van der Waals surface area contributed by atoms with Gasteiger partial charge in [-0.3, -0.25) is 10.1 Å². The maximum Gasteiger partial charge on any atom is 0.345 e. The molecule has 0 atom stereocenters. The Labute approximate surface area is 124 Å². The van der Waals surface area contributed by atoms with E-state index in [0.717, 1.165) is 16.9 Å². The summed E-state index contributed by atoms with van der Waals surface area (Å²) in [5, 5.41) is 19.9. The van der Waals surface area contributed by atoms with Crippen molar-refractivity contribution in [3.05, 3.63) is 55.3 Å². The molecule has 0 spiro atoms. The largest absolute Gasteiger partial charge is 0.481 e. The molecule has 0 radical (unpaired) electrons. The number of nitro benzene ring substituents is 1. The molecule has 0 aliphatic carbocycles. The van der Waals surface area contributed by atoms with Gasteiger partial charge in [0.15, 0.2) is 5.75 Å². The Kier molecular flexibility index (Phi) is 4.23. The van der Waals surface area contributed by atoms with E-state index in [0.29, 0.717) is 10.4 Å². The van der Waals surface area contributed by atoms with Gasteiger partial charge in [0.05, 0.1) is 4.92 Å². The van der Waals surface area contributed by atoms with Crippen LogP contribution in [-0.2, 0) is 6.61 Å². The predicted octanol–water partition coefficient (Wildman–Crippen LogP) is 3.55. The molecule has 1 aromatic heterocycles. The molecule has 110 valence electrons. The van der Waals surface area contributed by atoms with Gasteiger partial charge in [0.25, 0.3) is 0 Å². The van der Waals surface area contributed by atoms with Gasteiger partial charge in [0.2, 0.25) is 0 Å². The van der Waals surface area contributed by atoms with Gasteiger partial charge in [-0.1, -0.05) is 6.07 Å². The molecule has 1 N–H and O–H groups in total. The summed E-state index contributed by atoms with van der Waals surface area (Å²) in [4.78, 5) is 22.3. The summed E-state index contributed by atoms with van der Waals surface area (Å²) in [6.45, 7) is 3.62. The lowest BCUT2D eigenvalue weighted by molar-refractivity contribution is -0.386. The van der Waals surface area contributed by atoms with Crippen LogP contribution in [0.4, 0.5) is 5.69 Å². The molecule has 0 aliphatic rings. The standard InChI is InChI=1S/C14H13NO5S/c1-8-5-9(2)13(11(6-8)15(18)19)20-7-10-3-4-12(21-10)14(16)17/h3-6H,7H2,1-2H3,(H,16,17). The second-order valence-electron chi connectivity index (χ2n) is 4.55. The smallest absolute Gasteiger partial charge is 0.345 e. The predicted molar refractivity (Wildman–Crippen MR) is 78.2 cm³/mol. The van der Waals surface area contributed by atoms with Crippen LogP contribution in [0.2, 0.25) is 0 Å². The molecule has 2 aromatic rings. The number of hydrogen-bond acceptors (Lipinski definition) is 5. The van der Waals surface area contributed by atoms with Crippen LogP contribution in [0, 0.1) is 24.0 Å². The van der Waals surface area contributed by atoms with Crippen molar-refractivity contribution in [2.24, 2.45) is 0 Å². The van der Waals surface area contributed by atoms with Crippen LogP contribution in [-0.4, -0.2) is 16.0 Å². The molecule has 21 heavy (non-hydrogen) atoms. The van der Waals surface area contributed by atoms with Gasteiger partial charge in [0, 0.05) is 10.9 Å². The summed E-state index contributed by atoms with van der Waals surface area (Å²) >= 11 is 1.09. The van der Waals surface area contributed by atoms with E-state index < -0.39 is 10.9 Å². The number of rotatable bonds is 5. The van der Waals surface area contributed by atoms with Gasteiger partial charge in [0.1, 0.15) is 11.5 Å². The van der Waals surface area contributed by atoms with E-state index in [2.05, 4.69) is 0 Å². The van der Waals surface area contributed by atoms with Gasteiger partial charge < -0.3 is 9.84 Å². The van der Waals surface area contributed by atoms with Gasteiger partial charge >= 0.3 is 11.7 Å². The molecule has 0 amide bonds. The summed E-state index contributed by atoms with van der Waals surface area (Å²) in [5.74, 6) is -0.778. The molecule has 0 saturated carbocycles. The molecule has 0 saturated heterocycles. The summed E-state index contributed by atoms with van der Waals surface area (Å²) in [7, 11) is 0. The first kappa shape index (κ1) is 15.0. The lowest BCUT2D eigenvalue weighted by Gasteiger charge is -2.09. The van der Waals surface area contributed by atoms with Crippen molar-refractivity contribution in [3.63, 3.8) is 0 Å². The number of thiophene rings is 1. The minimum absolute atomic E-state index is 0.0810. The van der Waals surface area contributed by atoms with Gasteiger partial charge in [-0.05, 0) is 37.1 Å². The van der Waals surface area contributed by atoms with Crippen LogP contribution in [0.3, 0.4) is 0 Å². The van der Waals surface area contributed by atoms with E-state index in [4.69, 9.17) is 9.84 Å². The Morgan fingerprint density at radius 1 is 1.38 bits per heavy atom. The highest BCUT2D eigenvalue weighted by Crippen LogP contribution is 2.33. The maximum atomic E-state index is 11.1. The van der Waals surface area contributed by atoms with Crippen LogP contribution in [0.25, 0.3) is 0 Å². The molecular formula is C14H13NO5S. The molecule has 1 aromatic carbocycles. The van der Waals surface area contributed by atoms with E-state index in [1.165, 1.54) is 12.1 Å². The molecule has 7 heteroatoms. The van der Waals surface area contributed by atoms with Crippen molar-refractivity contribution in [2.45, 2.75) is 20.5 Å². The highest BCUT2D eigenvalue weighted by atomic mass is 32.1. The Hall–Kier alpha value is -2.41. The fraction of sp³-hybridized carbons (Fsp3) is 0.214. The number of carboxylic acids is 1. The van der Waals surface area contributed by atoms with Crippen molar-refractivity contribution >= 4 is 23.0 Å². The second kappa shape index (κ2) is 5.92. The van der Waals surface area contributed by atoms with Crippen LogP contribution in [0.1, 0.15) is 25.7 Å². The Morgan fingerprint density at radius 2 is 2.10 bits per heavy atom. The molecule has 0 unspecified atom stereocenters. The summed E-state index contributed by atoms with van der Waals surface area (Å²) in [5.41, 5.74) is 1.38. The average molecular weight is 307 g/mol. The average Bonchev–Trinajstić information content (AvgIpc) is 2.85. The zero-order valence-corrected chi connectivity index (χ0v) is 12.3. The van der Waals surface area contributed by atoms with Crippen molar-refractivity contribution in [1.82, 2.24) is 0 Å². The first-order valence-corrected chi connectivity index (χ1v) is 6.90. The summed E-state index contributed by atoms with van der Waals surface area (Å²) in [6, 6.07) is 6.39. The van der Waals surface area contributed by atoms with E-state index >= 15 is 0 Å². The van der Waals surface area contributed by atoms with Gasteiger partial charge in [-0.25, -0.2) is 4.79 Å². The van der Waals surface area contributed by atoms with Crippen molar-refractivity contribution in [3.8, 4) is 5.75 Å². The Bertz CT molecular complexity index is 707. The molecule has 2 rings (SSSR count). The third kappa shape index (κ3) is 3.38. The molecular weight excluding hydrogens is 294 g/mol. The molecule has 0 bridgehead atoms. The number of nitro groups is 1. The van der Waals surface area contributed by atoms with Crippen LogP contribution >= 0.6 is 11.3 Å². The van der Waals surface area contributed by atoms with Crippen molar-refractivity contribution < 1.29 is 19.6 Å². The van der Waals surface area contributed by atoms with E-state index in [-0.39, 0.29) is 22.9 Å². The normalized spacial score (nSPS) is 10.4. The molecule has 6 nitrogen and oxygen atoms in total. The van der Waals surface area contributed by atoms with E-state index in [1.54, 1.807) is 26.0 Å². The number of hydrogen-bond donors (Lipinski definition) is 1. The Balaban J connectivity index is 2.23. The SMILES string of the molecule is Cc1cc(C)c(OCc2ccc(C(=O)O)s2)c([N+](=O)[O-])c1. The minimum Gasteiger partial charge on any atom is -0.481 e. The second-order valence-corrected chi connectivity index (χ2v) is 5.72. The lowest BCUT2D eigenvalue weighted by atomic mass is 10.1. The number of aryl methyl sites for hydroxylation is 2. The summed E-state index contributed by atoms with van der Waals surface area (Å²) < 4.78 is 5.54. The third-order valence-electron chi connectivity index (χ3n) is 2.83. The molecule has 1 heterocycles. The quantitative estimate of drug-likeness (QED) is 0.674. The maximum absolute atomic E-state index is 11.1. The zero-order valence-electron chi connectivity index (χ0n) is 11.5.